The third-order valence-corrected chi connectivity index (χ3v) is 4.84. The summed E-state index contributed by atoms with van der Waals surface area (Å²) >= 11 is 0. The normalized spacial score (nSPS) is 11.4. The van der Waals surface area contributed by atoms with Crippen LogP contribution in [0.4, 0.5) is 0 Å². The SMILES string of the molecule is CCNCCCc1cc2cc[nH]c(=O)c2c2cc(-c3cn[nH]c3)ccc12. The first-order chi connectivity index (χ1) is 12.8. The van der Waals surface area contributed by atoms with Gasteiger partial charge in [0.05, 0.1) is 11.6 Å². The van der Waals surface area contributed by atoms with E-state index in [9.17, 15) is 4.79 Å². The molecule has 0 aliphatic heterocycles. The third-order valence-electron chi connectivity index (χ3n) is 4.84. The second-order valence-electron chi connectivity index (χ2n) is 6.51. The van der Waals surface area contributed by atoms with Crippen molar-refractivity contribution in [3.63, 3.8) is 0 Å². The highest BCUT2D eigenvalue weighted by atomic mass is 16.1. The fourth-order valence-electron chi connectivity index (χ4n) is 3.56. The molecule has 26 heavy (non-hydrogen) atoms. The van der Waals surface area contributed by atoms with Crippen LogP contribution < -0.4 is 10.9 Å². The highest BCUT2D eigenvalue weighted by Gasteiger charge is 2.11. The molecule has 0 saturated heterocycles. The van der Waals surface area contributed by atoms with E-state index in [0.29, 0.717) is 0 Å². The lowest BCUT2D eigenvalue weighted by atomic mass is 9.93. The third kappa shape index (κ3) is 3.02. The molecule has 0 aliphatic rings. The van der Waals surface area contributed by atoms with E-state index in [1.54, 1.807) is 12.4 Å². The molecule has 5 nitrogen and oxygen atoms in total. The molecule has 0 radical (unpaired) electrons. The van der Waals surface area contributed by atoms with Crippen LogP contribution in [0.3, 0.4) is 0 Å². The summed E-state index contributed by atoms with van der Waals surface area (Å²) in [5.41, 5.74) is 3.32. The lowest BCUT2D eigenvalue weighted by molar-refractivity contribution is 0.674. The van der Waals surface area contributed by atoms with E-state index in [-0.39, 0.29) is 5.56 Å². The van der Waals surface area contributed by atoms with Crippen LogP contribution in [0.25, 0.3) is 32.7 Å². The maximum absolute atomic E-state index is 12.5. The first-order valence-corrected chi connectivity index (χ1v) is 9.05. The molecule has 0 unspecified atom stereocenters. The van der Waals surface area contributed by atoms with Crippen molar-refractivity contribution in [2.24, 2.45) is 0 Å². The van der Waals surface area contributed by atoms with Gasteiger partial charge in [0, 0.05) is 18.0 Å². The van der Waals surface area contributed by atoms with Gasteiger partial charge in [-0.15, -0.1) is 0 Å². The van der Waals surface area contributed by atoms with E-state index < -0.39 is 0 Å². The highest BCUT2D eigenvalue weighted by molar-refractivity contribution is 6.09. The average molecular weight is 346 g/mol. The number of aromatic amines is 2. The van der Waals surface area contributed by atoms with Gasteiger partial charge in [-0.3, -0.25) is 9.89 Å². The first kappa shape index (κ1) is 16.5. The number of H-pyrrole nitrogens is 2. The number of pyridine rings is 1. The minimum atomic E-state index is -0.0453. The Bertz CT molecular complexity index is 1100. The van der Waals surface area contributed by atoms with Gasteiger partial charge in [0.25, 0.3) is 5.56 Å². The molecule has 3 N–H and O–H groups in total. The number of hydrogen-bond donors (Lipinski definition) is 3. The van der Waals surface area contributed by atoms with Crippen LogP contribution in [0.2, 0.25) is 0 Å². The van der Waals surface area contributed by atoms with Crippen molar-refractivity contribution in [3.05, 3.63) is 64.8 Å². The van der Waals surface area contributed by atoms with E-state index in [2.05, 4.69) is 51.7 Å². The van der Waals surface area contributed by atoms with Gasteiger partial charge in [-0.25, -0.2) is 0 Å². The zero-order valence-corrected chi connectivity index (χ0v) is 14.8. The number of aromatic nitrogens is 3. The lowest BCUT2D eigenvalue weighted by Gasteiger charge is -2.12. The molecular formula is C21H22N4O. The zero-order chi connectivity index (χ0) is 17.9. The van der Waals surface area contributed by atoms with Gasteiger partial charge in [-0.05, 0) is 65.3 Å². The van der Waals surface area contributed by atoms with Gasteiger partial charge in [0.15, 0.2) is 0 Å². The molecule has 0 amide bonds. The molecule has 132 valence electrons. The Labute approximate surface area is 151 Å². The topological polar surface area (TPSA) is 73.6 Å². The summed E-state index contributed by atoms with van der Waals surface area (Å²) in [4.78, 5) is 15.3. The number of nitrogens with one attached hydrogen (secondary N) is 3. The van der Waals surface area contributed by atoms with Gasteiger partial charge in [0.2, 0.25) is 0 Å². The summed E-state index contributed by atoms with van der Waals surface area (Å²) < 4.78 is 0. The Hall–Kier alpha value is -2.92. The molecule has 4 rings (SSSR count). The number of benzene rings is 2. The van der Waals surface area contributed by atoms with Crippen LogP contribution >= 0.6 is 0 Å². The van der Waals surface area contributed by atoms with Gasteiger partial charge >= 0.3 is 0 Å². The number of fused-ring (bicyclic) bond motifs is 3. The number of rotatable bonds is 6. The molecule has 4 aromatic rings. The van der Waals surface area contributed by atoms with E-state index in [1.807, 2.05) is 12.3 Å². The van der Waals surface area contributed by atoms with E-state index in [1.165, 1.54) is 5.56 Å². The minimum Gasteiger partial charge on any atom is -0.329 e. The van der Waals surface area contributed by atoms with Gasteiger partial charge in [0.1, 0.15) is 0 Å². The number of aryl methyl sites for hydroxylation is 1. The summed E-state index contributed by atoms with van der Waals surface area (Å²) in [5, 5.41) is 14.2. The molecule has 5 heteroatoms. The highest BCUT2D eigenvalue weighted by Crippen LogP contribution is 2.31. The van der Waals surface area contributed by atoms with Gasteiger partial charge in [-0.1, -0.05) is 25.1 Å². The minimum absolute atomic E-state index is 0.0453. The van der Waals surface area contributed by atoms with E-state index in [4.69, 9.17) is 0 Å². The Morgan fingerprint density at radius 3 is 2.85 bits per heavy atom. The fraction of sp³-hybridized carbons (Fsp3) is 0.238. The predicted octanol–water partition coefficient (Wildman–Crippen LogP) is 3.61. The molecule has 0 fully saturated rings. The molecular weight excluding hydrogens is 324 g/mol. The second kappa shape index (κ2) is 7.14. The Kier molecular flexibility index (Phi) is 4.54. The van der Waals surface area contributed by atoms with Crippen LogP contribution in [-0.2, 0) is 6.42 Å². The Balaban J connectivity index is 1.90. The van der Waals surface area contributed by atoms with Crippen LogP contribution in [0.15, 0.2) is 53.7 Å². The van der Waals surface area contributed by atoms with Crippen LogP contribution in [0, 0.1) is 0 Å². The Morgan fingerprint density at radius 2 is 2.04 bits per heavy atom. The van der Waals surface area contributed by atoms with Crippen molar-refractivity contribution >= 4 is 21.5 Å². The zero-order valence-electron chi connectivity index (χ0n) is 14.8. The molecule has 2 aromatic carbocycles. The van der Waals surface area contributed by atoms with Gasteiger partial charge < -0.3 is 10.3 Å². The number of nitrogens with zero attached hydrogens (tertiary/aromatic N) is 1. The largest absolute Gasteiger partial charge is 0.329 e. The number of hydrogen-bond acceptors (Lipinski definition) is 3. The smallest absolute Gasteiger partial charge is 0.256 e. The van der Waals surface area contributed by atoms with Crippen LogP contribution in [-0.4, -0.2) is 28.3 Å². The first-order valence-electron chi connectivity index (χ1n) is 9.05. The summed E-state index contributed by atoms with van der Waals surface area (Å²) in [6.07, 6.45) is 7.44. The quantitative estimate of drug-likeness (QED) is 0.369. The molecule has 0 atom stereocenters. The lowest BCUT2D eigenvalue weighted by Crippen LogP contribution is -2.14. The summed E-state index contributed by atoms with van der Waals surface area (Å²) in [6, 6.07) is 10.5. The van der Waals surface area contributed by atoms with Crippen molar-refractivity contribution in [2.75, 3.05) is 13.1 Å². The average Bonchev–Trinajstić information content (AvgIpc) is 3.19. The molecule has 0 aliphatic carbocycles. The molecule has 0 saturated carbocycles. The monoisotopic (exact) mass is 346 g/mol. The van der Waals surface area contributed by atoms with Crippen molar-refractivity contribution in [1.82, 2.24) is 20.5 Å². The summed E-state index contributed by atoms with van der Waals surface area (Å²) in [6.45, 7) is 4.11. The van der Waals surface area contributed by atoms with E-state index >= 15 is 0 Å². The molecule has 0 spiro atoms. The van der Waals surface area contributed by atoms with Crippen LogP contribution in [0.5, 0.6) is 0 Å². The summed E-state index contributed by atoms with van der Waals surface area (Å²) in [7, 11) is 0. The maximum Gasteiger partial charge on any atom is 0.256 e. The van der Waals surface area contributed by atoms with Crippen molar-refractivity contribution in [1.29, 1.82) is 0 Å². The van der Waals surface area contributed by atoms with E-state index in [0.717, 1.165) is 58.6 Å². The predicted molar refractivity (Wildman–Crippen MR) is 107 cm³/mol. The molecule has 0 bridgehead atoms. The van der Waals surface area contributed by atoms with Crippen molar-refractivity contribution in [2.45, 2.75) is 19.8 Å². The molecule has 2 heterocycles. The Morgan fingerprint density at radius 1 is 1.12 bits per heavy atom. The summed E-state index contributed by atoms with van der Waals surface area (Å²) in [5.74, 6) is 0. The standard InChI is InChI=1S/C21H22N4O/c1-2-22-8-3-4-15-10-16-7-9-23-21(26)20(16)19-11-14(5-6-18(15)19)17-12-24-25-13-17/h5-7,9-13,22H,2-4,8H2,1H3,(H,23,26)(H,24,25). The fourth-order valence-corrected chi connectivity index (χ4v) is 3.56. The molecule has 2 aromatic heterocycles. The van der Waals surface area contributed by atoms with Crippen molar-refractivity contribution < 1.29 is 0 Å². The second-order valence-corrected chi connectivity index (χ2v) is 6.51. The van der Waals surface area contributed by atoms with Gasteiger partial charge in [-0.2, -0.15) is 5.10 Å². The maximum atomic E-state index is 12.5. The van der Waals surface area contributed by atoms with Crippen molar-refractivity contribution in [3.8, 4) is 11.1 Å². The van der Waals surface area contributed by atoms with Crippen LogP contribution in [0.1, 0.15) is 18.9 Å².